The molecule has 21 heavy (non-hydrogen) atoms. The van der Waals surface area contributed by atoms with E-state index >= 15 is 0 Å². The Balaban J connectivity index is 2.89. The molecule has 3 N–H and O–H groups in total. The Morgan fingerprint density at radius 3 is 2.52 bits per heavy atom. The molecular weight excluding hydrogens is 285 g/mol. The quantitative estimate of drug-likeness (QED) is 0.879. The second-order valence-electron chi connectivity index (χ2n) is 5.04. The van der Waals surface area contributed by atoms with Crippen LogP contribution in [0.2, 0.25) is 0 Å². The van der Waals surface area contributed by atoms with E-state index in [9.17, 15) is 18.0 Å². The van der Waals surface area contributed by atoms with E-state index in [0.29, 0.717) is 0 Å². The van der Waals surface area contributed by atoms with Gasteiger partial charge in [-0.15, -0.1) is 0 Å². The summed E-state index contributed by atoms with van der Waals surface area (Å²) >= 11 is 0. The molecule has 0 radical (unpaired) electrons. The molecule has 1 aromatic rings. The molecule has 0 saturated heterocycles. The zero-order chi connectivity index (χ0) is 16.2. The first kappa shape index (κ1) is 17.3. The summed E-state index contributed by atoms with van der Waals surface area (Å²) in [5.74, 6) is -0.856. The van der Waals surface area contributed by atoms with E-state index in [2.05, 4.69) is 5.32 Å². The number of nitrogens with one attached hydrogen (secondary N) is 1. The number of anilines is 1. The minimum atomic E-state index is -4.44. The van der Waals surface area contributed by atoms with Gasteiger partial charge in [0.15, 0.2) is 6.61 Å². The average molecular weight is 304 g/mol. The summed E-state index contributed by atoms with van der Waals surface area (Å²) in [7, 11) is 0. The first-order valence-corrected chi connectivity index (χ1v) is 6.47. The lowest BCUT2D eigenvalue weighted by Crippen LogP contribution is -2.34. The number of hydrogen-bond donors (Lipinski definition) is 2. The molecule has 0 spiro atoms. The van der Waals surface area contributed by atoms with Crippen LogP contribution in [0.4, 0.5) is 18.9 Å². The van der Waals surface area contributed by atoms with Crippen molar-refractivity contribution < 1.29 is 22.7 Å². The molecule has 1 amide bonds. The minimum absolute atomic E-state index is 0.0162. The van der Waals surface area contributed by atoms with Crippen LogP contribution >= 0.6 is 0 Å². The number of alkyl halides is 3. The Morgan fingerprint density at radius 2 is 2.00 bits per heavy atom. The zero-order valence-electron chi connectivity index (χ0n) is 12.1. The monoisotopic (exact) mass is 304 g/mol. The van der Waals surface area contributed by atoms with Gasteiger partial charge in [0, 0.05) is 6.04 Å². The number of carbonyl (C=O) groups is 1. The fourth-order valence-corrected chi connectivity index (χ4v) is 1.50. The maximum absolute atomic E-state index is 12.2. The number of rotatable bonds is 5. The molecule has 2 unspecified atom stereocenters. The topological polar surface area (TPSA) is 64.4 Å². The van der Waals surface area contributed by atoms with Gasteiger partial charge in [0.1, 0.15) is 5.75 Å². The molecule has 0 saturated carbocycles. The number of halogens is 3. The normalized spacial score (nSPS) is 14.4. The lowest BCUT2D eigenvalue weighted by molar-refractivity contribution is -0.153. The lowest BCUT2D eigenvalue weighted by atomic mass is 10.0. The van der Waals surface area contributed by atoms with E-state index in [1.54, 1.807) is 26.8 Å². The van der Waals surface area contributed by atoms with E-state index in [-0.39, 0.29) is 23.4 Å². The van der Waals surface area contributed by atoms with Crippen LogP contribution in [0.5, 0.6) is 5.75 Å². The van der Waals surface area contributed by atoms with Crippen LogP contribution in [0.25, 0.3) is 0 Å². The van der Waals surface area contributed by atoms with Crippen molar-refractivity contribution in [1.82, 2.24) is 0 Å². The predicted molar refractivity (Wildman–Crippen MR) is 74.2 cm³/mol. The number of benzene rings is 1. The van der Waals surface area contributed by atoms with Crippen LogP contribution in [-0.2, 0) is 4.79 Å². The maximum Gasteiger partial charge on any atom is 0.422 e. The highest BCUT2D eigenvalue weighted by atomic mass is 19.4. The summed E-state index contributed by atoms with van der Waals surface area (Å²) in [4.78, 5) is 11.9. The van der Waals surface area contributed by atoms with Crippen molar-refractivity contribution in [3.63, 3.8) is 0 Å². The highest BCUT2D eigenvalue weighted by molar-refractivity contribution is 5.94. The summed E-state index contributed by atoms with van der Waals surface area (Å²) in [5, 5.41) is 2.54. The van der Waals surface area contributed by atoms with E-state index < -0.39 is 18.7 Å². The second kappa shape index (κ2) is 6.80. The molecule has 2 atom stereocenters. The SMILES string of the molecule is Cc1ccc(NC(=O)C(C)C(C)N)c(OCC(F)(F)F)c1. The van der Waals surface area contributed by atoms with E-state index in [4.69, 9.17) is 10.5 Å². The number of aryl methyl sites for hydroxylation is 1. The van der Waals surface area contributed by atoms with Crippen LogP contribution in [0, 0.1) is 12.8 Å². The zero-order valence-corrected chi connectivity index (χ0v) is 12.1. The van der Waals surface area contributed by atoms with Crippen LogP contribution in [-0.4, -0.2) is 24.7 Å². The van der Waals surface area contributed by atoms with Gasteiger partial charge < -0.3 is 15.8 Å². The molecule has 1 rings (SSSR count). The first-order chi connectivity index (χ1) is 9.60. The Labute approximate surface area is 121 Å². The fraction of sp³-hybridized carbons (Fsp3) is 0.500. The Morgan fingerprint density at radius 1 is 1.38 bits per heavy atom. The average Bonchev–Trinajstić information content (AvgIpc) is 2.36. The van der Waals surface area contributed by atoms with Crippen LogP contribution < -0.4 is 15.8 Å². The number of nitrogens with two attached hydrogens (primary N) is 1. The minimum Gasteiger partial charge on any atom is -0.482 e. The predicted octanol–water partition coefficient (Wildman–Crippen LogP) is 2.86. The third kappa shape index (κ3) is 5.63. The highest BCUT2D eigenvalue weighted by Crippen LogP contribution is 2.28. The van der Waals surface area contributed by atoms with Crippen molar-refractivity contribution in [2.24, 2.45) is 11.7 Å². The largest absolute Gasteiger partial charge is 0.482 e. The summed E-state index contributed by atoms with van der Waals surface area (Å²) in [5.41, 5.74) is 6.55. The Kier molecular flexibility index (Phi) is 5.60. The second-order valence-corrected chi connectivity index (χ2v) is 5.04. The number of carbonyl (C=O) groups excluding carboxylic acids is 1. The van der Waals surface area contributed by atoms with Crippen molar-refractivity contribution in [1.29, 1.82) is 0 Å². The van der Waals surface area contributed by atoms with Gasteiger partial charge in [-0.05, 0) is 31.5 Å². The van der Waals surface area contributed by atoms with E-state index in [0.717, 1.165) is 5.56 Å². The van der Waals surface area contributed by atoms with Gasteiger partial charge in [-0.25, -0.2) is 0 Å². The Bertz CT molecular complexity index is 501. The van der Waals surface area contributed by atoms with E-state index in [1.165, 1.54) is 12.1 Å². The maximum atomic E-state index is 12.2. The van der Waals surface area contributed by atoms with Gasteiger partial charge in [0.2, 0.25) is 5.91 Å². The van der Waals surface area contributed by atoms with Crippen molar-refractivity contribution in [3.8, 4) is 5.75 Å². The summed E-state index contributed by atoms with van der Waals surface area (Å²) < 4.78 is 41.5. The summed E-state index contributed by atoms with van der Waals surface area (Å²) in [6, 6.07) is 4.26. The molecule has 0 aliphatic carbocycles. The number of ether oxygens (including phenoxy) is 1. The van der Waals surface area contributed by atoms with Crippen molar-refractivity contribution in [3.05, 3.63) is 23.8 Å². The third-order valence-electron chi connectivity index (χ3n) is 2.99. The van der Waals surface area contributed by atoms with Gasteiger partial charge >= 0.3 is 6.18 Å². The van der Waals surface area contributed by atoms with Gasteiger partial charge in [0.25, 0.3) is 0 Å². The van der Waals surface area contributed by atoms with Crippen LogP contribution in [0.1, 0.15) is 19.4 Å². The standard InChI is InChI=1S/C14H19F3N2O2/c1-8-4-5-11(19-13(20)9(2)10(3)18)12(6-8)21-7-14(15,16)17/h4-6,9-10H,7,18H2,1-3H3,(H,19,20). The molecule has 1 aromatic carbocycles. The molecule has 0 aromatic heterocycles. The van der Waals surface area contributed by atoms with Crippen molar-refractivity contribution >= 4 is 11.6 Å². The van der Waals surface area contributed by atoms with Gasteiger partial charge in [-0.3, -0.25) is 4.79 Å². The molecule has 0 bridgehead atoms. The van der Waals surface area contributed by atoms with Crippen LogP contribution in [0.3, 0.4) is 0 Å². The van der Waals surface area contributed by atoms with Crippen LogP contribution in [0.15, 0.2) is 18.2 Å². The molecular formula is C14H19F3N2O2. The lowest BCUT2D eigenvalue weighted by Gasteiger charge is -2.18. The third-order valence-corrected chi connectivity index (χ3v) is 2.99. The number of hydrogen-bond acceptors (Lipinski definition) is 3. The summed E-state index contributed by atoms with van der Waals surface area (Å²) in [6.07, 6.45) is -4.44. The van der Waals surface area contributed by atoms with E-state index in [1.807, 2.05) is 0 Å². The van der Waals surface area contributed by atoms with Crippen molar-refractivity contribution in [2.45, 2.75) is 33.0 Å². The highest BCUT2D eigenvalue weighted by Gasteiger charge is 2.29. The molecule has 0 fully saturated rings. The summed E-state index contributed by atoms with van der Waals surface area (Å²) in [6.45, 7) is 3.63. The fourth-order valence-electron chi connectivity index (χ4n) is 1.50. The molecule has 7 heteroatoms. The Hall–Kier alpha value is -1.76. The smallest absolute Gasteiger partial charge is 0.422 e. The van der Waals surface area contributed by atoms with Gasteiger partial charge in [-0.2, -0.15) is 13.2 Å². The number of amides is 1. The van der Waals surface area contributed by atoms with Gasteiger partial charge in [-0.1, -0.05) is 13.0 Å². The van der Waals surface area contributed by atoms with Gasteiger partial charge in [0.05, 0.1) is 11.6 Å². The molecule has 0 aliphatic rings. The molecule has 0 heterocycles. The first-order valence-electron chi connectivity index (χ1n) is 6.47. The van der Waals surface area contributed by atoms with Crippen molar-refractivity contribution in [2.75, 3.05) is 11.9 Å². The molecule has 0 aliphatic heterocycles. The molecule has 4 nitrogen and oxygen atoms in total. The molecule has 118 valence electrons.